The maximum Gasteiger partial charge on any atom is 0.245 e. The molecule has 1 aliphatic rings. The molecule has 0 aliphatic carbocycles. The van der Waals surface area contributed by atoms with Crippen molar-refractivity contribution < 1.29 is 9.53 Å². The molecule has 1 fully saturated rings. The first-order valence-corrected chi connectivity index (χ1v) is 6.63. The molecule has 6 nitrogen and oxygen atoms in total. The molecule has 2 heterocycles. The average molecular weight is 274 g/mol. The second-order valence-electron chi connectivity index (χ2n) is 4.93. The van der Waals surface area contributed by atoms with Gasteiger partial charge < -0.3 is 15.0 Å². The summed E-state index contributed by atoms with van der Waals surface area (Å²) < 4.78 is 5.40. The summed E-state index contributed by atoms with van der Waals surface area (Å²) in [7, 11) is 0. The number of carbonyl (C=O) groups excluding carboxylic acids is 1. The number of hydrogen-bond donors (Lipinski definition) is 1. The van der Waals surface area contributed by atoms with Crippen LogP contribution >= 0.6 is 0 Å². The third-order valence-corrected chi connectivity index (χ3v) is 3.06. The van der Waals surface area contributed by atoms with E-state index < -0.39 is 6.04 Å². The lowest BCUT2D eigenvalue weighted by Gasteiger charge is -2.36. The predicted octanol–water partition coefficient (Wildman–Crippen LogP) is 0.683. The monoisotopic (exact) mass is 274 g/mol. The summed E-state index contributed by atoms with van der Waals surface area (Å²) in [4.78, 5) is 18.2. The van der Waals surface area contributed by atoms with Crippen LogP contribution in [0.4, 0.5) is 5.69 Å². The maximum absolute atomic E-state index is 12.3. The van der Waals surface area contributed by atoms with E-state index in [1.807, 2.05) is 24.8 Å². The molecular weight excluding hydrogens is 256 g/mol. The van der Waals surface area contributed by atoms with Gasteiger partial charge in [0.2, 0.25) is 5.91 Å². The molecule has 20 heavy (non-hydrogen) atoms. The van der Waals surface area contributed by atoms with Crippen LogP contribution in [0.5, 0.6) is 0 Å². The van der Waals surface area contributed by atoms with Gasteiger partial charge in [0.05, 0.1) is 18.9 Å². The van der Waals surface area contributed by atoms with Gasteiger partial charge in [-0.05, 0) is 26.0 Å². The van der Waals surface area contributed by atoms with E-state index >= 15 is 0 Å². The summed E-state index contributed by atoms with van der Waals surface area (Å²) in [6.45, 7) is 5.24. The highest BCUT2D eigenvalue weighted by atomic mass is 16.5. The van der Waals surface area contributed by atoms with Crippen LogP contribution < -0.4 is 10.2 Å². The number of morpholine rings is 1. The Kier molecular flexibility index (Phi) is 4.53. The van der Waals surface area contributed by atoms with Gasteiger partial charge in [-0.3, -0.25) is 4.79 Å². The number of nitrogens with one attached hydrogen (secondary N) is 1. The fourth-order valence-electron chi connectivity index (χ4n) is 2.20. The number of hydrogen-bond acceptors (Lipinski definition) is 5. The first-order chi connectivity index (χ1) is 9.63. The summed E-state index contributed by atoms with van der Waals surface area (Å²) in [6, 6.07) is 5.28. The zero-order valence-corrected chi connectivity index (χ0v) is 11.7. The number of pyridine rings is 1. The highest BCUT2D eigenvalue weighted by Crippen LogP contribution is 2.22. The molecule has 0 bridgehead atoms. The van der Waals surface area contributed by atoms with Crippen LogP contribution in [0, 0.1) is 11.3 Å². The number of amides is 1. The smallest absolute Gasteiger partial charge is 0.245 e. The van der Waals surface area contributed by atoms with Crippen LogP contribution in [0.1, 0.15) is 19.5 Å². The molecule has 1 aromatic heterocycles. The molecule has 106 valence electrons. The van der Waals surface area contributed by atoms with Crippen LogP contribution in [0.15, 0.2) is 18.3 Å². The highest BCUT2D eigenvalue weighted by Gasteiger charge is 2.31. The Balaban J connectivity index is 2.27. The van der Waals surface area contributed by atoms with Gasteiger partial charge in [-0.1, -0.05) is 0 Å². The first kappa shape index (κ1) is 14.3. The Morgan fingerprint density at radius 1 is 1.65 bits per heavy atom. The number of aromatic nitrogens is 1. The van der Waals surface area contributed by atoms with E-state index in [1.54, 1.807) is 12.3 Å². The van der Waals surface area contributed by atoms with Crippen LogP contribution in [-0.4, -0.2) is 42.7 Å². The zero-order valence-electron chi connectivity index (χ0n) is 11.7. The van der Waals surface area contributed by atoms with Crippen molar-refractivity contribution in [2.24, 2.45) is 0 Å². The van der Waals surface area contributed by atoms with Crippen LogP contribution in [0.2, 0.25) is 0 Å². The highest BCUT2D eigenvalue weighted by molar-refractivity contribution is 5.86. The number of ether oxygens (including phenoxy) is 1. The molecule has 0 spiro atoms. The molecule has 0 saturated carbocycles. The van der Waals surface area contributed by atoms with E-state index in [9.17, 15) is 4.79 Å². The van der Waals surface area contributed by atoms with Crippen molar-refractivity contribution in [3.05, 3.63) is 24.0 Å². The van der Waals surface area contributed by atoms with Crippen molar-refractivity contribution in [1.82, 2.24) is 10.3 Å². The number of nitrogens with zero attached hydrogens (tertiary/aromatic N) is 3. The summed E-state index contributed by atoms with van der Waals surface area (Å²) in [5.41, 5.74) is 1.01. The lowest BCUT2D eigenvalue weighted by atomic mass is 10.1. The Morgan fingerprint density at radius 3 is 3.15 bits per heavy atom. The number of nitriles is 1. The van der Waals surface area contributed by atoms with Crippen LogP contribution in [0.25, 0.3) is 0 Å². The Bertz CT molecular complexity index is 524. The predicted molar refractivity (Wildman–Crippen MR) is 74.2 cm³/mol. The van der Waals surface area contributed by atoms with E-state index in [0.29, 0.717) is 31.1 Å². The van der Waals surface area contributed by atoms with Gasteiger partial charge in [-0.25, -0.2) is 4.98 Å². The Hall–Kier alpha value is -2.13. The third-order valence-electron chi connectivity index (χ3n) is 3.06. The number of anilines is 1. The zero-order chi connectivity index (χ0) is 14.5. The van der Waals surface area contributed by atoms with Gasteiger partial charge in [0.1, 0.15) is 12.1 Å². The van der Waals surface area contributed by atoms with Crippen molar-refractivity contribution in [1.29, 1.82) is 5.26 Å². The molecule has 1 unspecified atom stereocenters. The van der Waals surface area contributed by atoms with Gasteiger partial charge in [-0.15, -0.1) is 0 Å². The van der Waals surface area contributed by atoms with Gasteiger partial charge in [0.15, 0.2) is 5.69 Å². The Morgan fingerprint density at radius 2 is 2.45 bits per heavy atom. The fourth-order valence-corrected chi connectivity index (χ4v) is 2.20. The van der Waals surface area contributed by atoms with Gasteiger partial charge >= 0.3 is 0 Å². The lowest BCUT2D eigenvalue weighted by Crippen LogP contribution is -2.55. The fraction of sp³-hybridized carbons (Fsp3) is 0.500. The minimum atomic E-state index is -0.428. The van der Waals surface area contributed by atoms with E-state index in [2.05, 4.69) is 16.4 Å². The quantitative estimate of drug-likeness (QED) is 0.877. The van der Waals surface area contributed by atoms with Gasteiger partial charge in [0, 0.05) is 18.8 Å². The largest absolute Gasteiger partial charge is 0.377 e. The second-order valence-corrected chi connectivity index (χ2v) is 4.93. The minimum Gasteiger partial charge on any atom is -0.377 e. The van der Waals surface area contributed by atoms with Crippen LogP contribution in [-0.2, 0) is 9.53 Å². The molecule has 6 heteroatoms. The van der Waals surface area contributed by atoms with Gasteiger partial charge in [0.25, 0.3) is 0 Å². The van der Waals surface area contributed by atoms with Crippen molar-refractivity contribution >= 4 is 11.6 Å². The summed E-state index contributed by atoms with van der Waals surface area (Å²) in [5, 5.41) is 12.0. The number of carbonyl (C=O) groups is 1. The molecule has 1 saturated heterocycles. The standard InChI is InChI=1S/C14H18N4O2/c1-10(2)17-14(19)13-9-20-7-6-18(13)12-4-3-5-16-11(12)8-15/h3-5,10,13H,6-7,9H2,1-2H3,(H,17,19). The average Bonchev–Trinajstić information content (AvgIpc) is 2.46. The van der Waals surface area contributed by atoms with Crippen molar-refractivity contribution in [3.63, 3.8) is 0 Å². The van der Waals surface area contributed by atoms with E-state index in [4.69, 9.17) is 10.00 Å². The molecule has 1 atom stereocenters. The van der Waals surface area contributed by atoms with Crippen molar-refractivity contribution in [2.45, 2.75) is 25.9 Å². The first-order valence-electron chi connectivity index (χ1n) is 6.63. The molecule has 1 aromatic rings. The second kappa shape index (κ2) is 6.35. The van der Waals surface area contributed by atoms with Crippen LogP contribution in [0.3, 0.4) is 0 Å². The third kappa shape index (κ3) is 3.06. The molecule has 2 rings (SSSR count). The van der Waals surface area contributed by atoms with E-state index in [1.165, 1.54) is 0 Å². The molecule has 0 aromatic carbocycles. The summed E-state index contributed by atoms with van der Waals surface area (Å²) >= 11 is 0. The van der Waals surface area contributed by atoms with Gasteiger partial charge in [-0.2, -0.15) is 5.26 Å². The molecular formula is C14H18N4O2. The molecule has 1 aliphatic heterocycles. The normalized spacial score (nSPS) is 18.7. The number of rotatable bonds is 3. The van der Waals surface area contributed by atoms with Crippen molar-refractivity contribution in [3.8, 4) is 6.07 Å². The van der Waals surface area contributed by atoms with Crippen molar-refractivity contribution in [2.75, 3.05) is 24.7 Å². The molecule has 1 amide bonds. The summed E-state index contributed by atoms with van der Waals surface area (Å²) in [6.07, 6.45) is 1.58. The minimum absolute atomic E-state index is 0.0654. The molecule has 1 N–H and O–H groups in total. The Labute approximate surface area is 118 Å². The topological polar surface area (TPSA) is 78.2 Å². The molecule has 0 radical (unpaired) electrons. The maximum atomic E-state index is 12.3. The lowest BCUT2D eigenvalue weighted by molar-refractivity contribution is -0.125. The van der Waals surface area contributed by atoms with E-state index in [0.717, 1.165) is 0 Å². The van der Waals surface area contributed by atoms with E-state index in [-0.39, 0.29) is 11.9 Å². The SMILES string of the molecule is CC(C)NC(=O)C1COCCN1c1cccnc1C#N. The summed E-state index contributed by atoms with van der Waals surface area (Å²) in [5.74, 6) is -0.0903.